The average molecular weight is 252 g/mol. The quantitative estimate of drug-likeness (QED) is 0.399. The molecule has 0 rings (SSSR count). The summed E-state index contributed by atoms with van der Waals surface area (Å²) in [5, 5.41) is 0. The number of rotatable bonds is 7. The normalized spacial score (nSPS) is 7.53. The summed E-state index contributed by atoms with van der Waals surface area (Å²) >= 11 is 0. The number of hydrogen-bond acceptors (Lipinski definition) is 2. The summed E-state index contributed by atoms with van der Waals surface area (Å²) in [6.07, 6.45) is 7.91. The van der Waals surface area contributed by atoms with Crippen molar-refractivity contribution in [3.63, 3.8) is 0 Å². The fraction of sp³-hybridized carbons (Fsp3) is 0.769. The van der Waals surface area contributed by atoms with Crippen molar-refractivity contribution >= 4 is 12.2 Å². The van der Waals surface area contributed by atoms with Gasteiger partial charge in [-0.2, -0.15) is 12.8 Å². The first-order chi connectivity index (χ1) is 7.68. The van der Waals surface area contributed by atoms with Crippen molar-refractivity contribution in [2.75, 3.05) is 0 Å². The van der Waals surface area contributed by atoms with Gasteiger partial charge in [0.25, 0.3) is 0 Å². The van der Waals surface area contributed by atoms with Gasteiger partial charge in [-0.15, -0.1) is 0 Å². The summed E-state index contributed by atoms with van der Waals surface area (Å²) < 4.78 is 0. The van der Waals surface area contributed by atoms with E-state index in [-0.39, 0.29) is 35.5 Å². The summed E-state index contributed by atoms with van der Waals surface area (Å²) in [6, 6.07) is 0. The summed E-state index contributed by atoms with van der Waals surface area (Å²) in [5.41, 5.74) is 4.81. The van der Waals surface area contributed by atoms with Gasteiger partial charge >= 0.3 is 29.6 Å². The fourth-order valence-electron chi connectivity index (χ4n) is 0.746. The molecule has 2 N–H and O–H groups in total. The number of unbranched alkanes of at least 4 members (excludes halogenated alkanes) is 4. The molecule has 0 spiro atoms. The molecule has 1 amide bonds. The largest absolute Gasteiger partial charge is 1.00 e. The van der Waals surface area contributed by atoms with E-state index in [2.05, 4.69) is 13.8 Å². The average Bonchev–Trinajstić information content (AvgIpc) is 2.30. The topological polar surface area (TPSA) is 60.2 Å². The molecule has 0 aromatic heterocycles. The minimum absolute atomic E-state index is 0. The standard InChI is InChI=1S/C6H11O.C5H10NO.C2H6.Na/c1-2-3-4-5-6-7;1-2-3-4-5(6)7;1-2;/h2-5H2,1H3;1-4H2,(H2,6,7);1-2H3;/q2*-1;;+1. The maximum absolute atomic E-state index is 9.95. The first kappa shape index (κ1) is 25.9. The van der Waals surface area contributed by atoms with Gasteiger partial charge in [0.1, 0.15) is 0 Å². The Bertz CT molecular complexity index is 141. The third kappa shape index (κ3) is 48.7. The van der Waals surface area contributed by atoms with Gasteiger partial charge in [-0.05, 0) is 0 Å². The van der Waals surface area contributed by atoms with Crippen LogP contribution in [-0.4, -0.2) is 12.2 Å². The second-order valence-electron chi connectivity index (χ2n) is 3.02. The van der Waals surface area contributed by atoms with Crippen molar-refractivity contribution in [1.82, 2.24) is 0 Å². The van der Waals surface area contributed by atoms with E-state index in [9.17, 15) is 9.59 Å². The molecule has 0 unspecified atom stereocenters. The molecule has 0 aliphatic carbocycles. The van der Waals surface area contributed by atoms with Crippen LogP contribution in [0.2, 0.25) is 0 Å². The van der Waals surface area contributed by atoms with Gasteiger partial charge in [0.05, 0.1) is 0 Å². The molecule has 0 aromatic carbocycles. The Kier molecular flexibility index (Phi) is 45.3. The van der Waals surface area contributed by atoms with Gasteiger partial charge in [-0.1, -0.05) is 46.5 Å². The zero-order valence-corrected chi connectivity index (χ0v) is 14.1. The van der Waals surface area contributed by atoms with Crippen LogP contribution in [0.25, 0.3) is 0 Å². The Morgan fingerprint density at radius 2 is 1.76 bits per heavy atom. The first-order valence-electron chi connectivity index (χ1n) is 6.11. The first-order valence-corrected chi connectivity index (χ1v) is 6.11. The van der Waals surface area contributed by atoms with Crippen LogP contribution in [0.15, 0.2) is 0 Å². The van der Waals surface area contributed by atoms with Crippen molar-refractivity contribution in [1.29, 1.82) is 0 Å². The zero-order valence-electron chi connectivity index (χ0n) is 12.1. The molecule has 98 valence electrons. The zero-order chi connectivity index (χ0) is 13.2. The van der Waals surface area contributed by atoms with Gasteiger partial charge < -0.3 is 17.5 Å². The number of hydrogen-bond donors (Lipinski definition) is 1. The molecule has 17 heavy (non-hydrogen) atoms. The van der Waals surface area contributed by atoms with E-state index in [1.807, 2.05) is 20.1 Å². The Morgan fingerprint density at radius 1 is 1.24 bits per heavy atom. The van der Waals surface area contributed by atoms with Gasteiger partial charge in [-0.3, -0.25) is 11.1 Å². The predicted molar refractivity (Wildman–Crippen MR) is 69.6 cm³/mol. The van der Waals surface area contributed by atoms with Crippen LogP contribution >= 0.6 is 0 Å². The van der Waals surface area contributed by atoms with E-state index in [0.717, 1.165) is 25.7 Å². The van der Waals surface area contributed by atoms with Crippen LogP contribution in [0.4, 0.5) is 0 Å². The summed E-state index contributed by atoms with van der Waals surface area (Å²) in [5.74, 6) is -0.233. The van der Waals surface area contributed by atoms with Gasteiger partial charge in [0, 0.05) is 6.42 Å². The molecule has 0 aliphatic heterocycles. The van der Waals surface area contributed by atoms with Crippen molar-refractivity contribution in [2.24, 2.45) is 5.73 Å². The Balaban J connectivity index is -0.0000000823. The van der Waals surface area contributed by atoms with Crippen molar-refractivity contribution in [2.45, 2.75) is 65.7 Å². The molecule has 0 aromatic rings. The second kappa shape index (κ2) is 29.8. The molecule has 0 saturated heterocycles. The number of primary amides is 1. The maximum Gasteiger partial charge on any atom is 1.00 e. The number of carbonyl (C=O) groups is 1. The maximum atomic E-state index is 9.95. The number of amides is 1. The van der Waals surface area contributed by atoms with E-state index in [1.165, 1.54) is 6.42 Å². The molecule has 0 fully saturated rings. The Labute approximate surface area is 129 Å². The van der Waals surface area contributed by atoms with Crippen LogP contribution in [0.1, 0.15) is 65.7 Å². The van der Waals surface area contributed by atoms with Gasteiger partial charge in [0.15, 0.2) is 0 Å². The summed E-state index contributed by atoms with van der Waals surface area (Å²) in [7, 11) is 0. The third-order valence-corrected chi connectivity index (χ3v) is 1.56. The van der Waals surface area contributed by atoms with E-state index < -0.39 is 0 Å². The Hall–Kier alpha value is 0.140. The predicted octanol–water partition coefficient (Wildman–Crippen LogP) is 0.183. The van der Waals surface area contributed by atoms with Gasteiger partial charge in [0.2, 0.25) is 5.91 Å². The monoisotopic (exact) mass is 252 g/mol. The summed E-state index contributed by atoms with van der Waals surface area (Å²) in [4.78, 5) is 19.5. The molecule has 3 nitrogen and oxygen atoms in total. The SMILES string of the molecule is CC.CCCCC[C-]=O.[CH2-]CCCC(N)=O.[Na+]. The molecule has 4 heteroatoms. The van der Waals surface area contributed by atoms with Crippen LogP contribution in [0.3, 0.4) is 0 Å². The number of carbonyl (C=O) groups excluding carboxylic acids is 2. The molecular weight excluding hydrogens is 225 g/mol. The van der Waals surface area contributed by atoms with Crippen molar-refractivity contribution < 1.29 is 39.1 Å². The van der Waals surface area contributed by atoms with Crippen LogP contribution < -0.4 is 35.3 Å². The molecule has 0 bridgehead atoms. The second-order valence-corrected chi connectivity index (χ2v) is 3.02. The molecule has 0 radical (unpaired) electrons. The van der Waals surface area contributed by atoms with Crippen LogP contribution in [0, 0.1) is 6.92 Å². The van der Waals surface area contributed by atoms with Crippen molar-refractivity contribution in [3.05, 3.63) is 6.92 Å². The summed E-state index contributed by atoms with van der Waals surface area (Å²) in [6.45, 7) is 9.67. The smallest absolute Gasteiger partial charge is 0.542 e. The van der Waals surface area contributed by atoms with Gasteiger partial charge in [-0.25, -0.2) is 0 Å². The van der Waals surface area contributed by atoms with E-state index >= 15 is 0 Å². The molecule has 0 saturated carbocycles. The minimum Gasteiger partial charge on any atom is -0.542 e. The fourth-order valence-corrected chi connectivity index (χ4v) is 0.746. The van der Waals surface area contributed by atoms with Crippen LogP contribution in [0.5, 0.6) is 0 Å². The van der Waals surface area contributed by atoms with E-state index in [0.29, 0.717) is 12.8 Å². The molecule has 0 heterocycles. The minimum atomic E-state index is -0.233. The molecule has 0 aliphatic rings. The van der Waals surface area contributed by atoms with Crippen LogP contribution in [-0.2, 0) is 9.59 Å². The van der Waals surface area contributed by atoms with E-state index in [1.54, 1.807) is 0 Å². The third-order valence-electron chi connectivity index (χ3n) is 1.56. The number of nitrogens with two attached hydrogens (primary N) is 1. The Morgan fingerprint density at radius 3 is 2.00 bits per heavy atom. The van der Waals surface area contributed by atoms with E-state index in [4.69, 9.17) is 5.73 Å². The van der Waals surface area contributed by atoms with Crippen molar-refractivity contribution in [3.8, 4) is 0 Å². The molecule has 0 atom stereocenters. The molecular formula is C13H27NNaO2-.